The number of carbonyl (C=O) groups excluding carboxylic acids is 2. The number of amides is 1. The van der Waals surface area contributed by atoms with Crippen LogP contribution in [0.3, 0.4) is 0 Å². The van der Waals surface area contributed by atoms with E-state index in [1.807, 2.05) is 32.0 Å². The number of ketones is 1. The molecule has 2 heterocycles. The van der Waals surface area contributed by atoms with Crippen LogP contribution in [0, 0.1) is 13.8 Å². The molecule has 1 spiro atoms. The summed E-state index contributed by atoms with van der Waals surface area (Å²) in [7, 11) is 0. The lowest BCUT2D eigenvalue weighted by Gasteiger charge is -2.43. The van der Waals surface area contributed by atoms with Crippen LogP contribution in [-0.2, 0) is 4.79 Å². The standard InChI is InChI=1S/C23H24ClNO4/c1-15-3-5-20(16(2)11-15)28-14-22(27)25-9-7-23(8-10-25)13-19(26)18-12-17(24)4-6-21(18)29-23/h3-6,11-12H,7-10,13-14H2,1-2H3. The topological polar surface area (TPSA) is 55.8 Å². The van der Waals surface area contributed by atoms with Crippen molar-refractivity contribution in [1.82, 2.24) is 4.90 Å². The Hall–Kier alpha value is -2.53. The van der Waals surface area contributed by atoms with E-state index in [0.717, 1.165) is 16.9 Å². The van der Waals surface area contributed by atoms with Crippen LogP contribution < -0.4 is 9.47 Å². The van der Waals surface area contributed by atoms with Gasteiger partial charge in [0.2, 0.25) is 0 Å². The average Bonchev–Trinajstić information content (AvgIpc) is 2.68. The number of carbonyl (C=O) groups is 2. The SMILES string of the molecule is Cc1ccc(OCC(=O)N2CCC3(CC2)CC(=O)c2cc(Cl)ccc2O3)c(C)c1. The maximum atomic E-state index is 12.6. The number of piperidine rings is 1. The minimum absolute atomic E-state index is 0.0119. The number of nitrogens with zero attached hydrogens (tertiary/aromatic N) is 1. The summed E-state index contributed by atoms with van der Waals surface area (Å²) in [4.78, 5) is 27.0. The molecule has 0 unspecified atom stereocenters. The zero-order valence-corrected chi connectivity index (χ0v) is 17.4. The van der Waals surface area contributed by atoms with E-state index in [1.54, 1.807) is 23.1 Å². The van der Waals surface area contributed by atoms with Gasteiger partial charge in [-0.25, -0.2) is 0 Å². The predicted molar refractivity (Wildman–Crippen MR) is 111 cm³/mol. The van der Waals surface area contributed by atoms with Gasteiger partial charge in [-0.3, -0.25) is 9.59 Å². The highest BCUT2D eigenvalue weighted by atomic mass is 35.5. The van der Waals surface area contributed by atoms with Crippen LogP contribution >= 0.6 is 11.6 Å². The van der Waals surface area contributed by atoms with Gasteiger partial charge in [-0.2, -0.15) is 0 Å². The van der Waals surface area contributed by atoms with Gasteiger partial charge in [0, 0.05) is 31.0 Å². The lowest BCUT2D eigenvalue weighted by molar-refractivity contribution is -0.136. The predicted octanol–water partition coefficient (Wildman–Crippen LogP) is 4.36. The van der Waals surface area contributed by atoms with Crippen LogP contribution in [0.5, 0.6) is 11.5 Å². The number of benzene rings is 2. The second-order valence-electron chi connectivity index (χ2n) is 7.96. The molecule has 2 aliphatic rings. The van der Waals surface area contributed by atoms with E-state index in [2.05, 4.69) is 0 Å². The third-order valence-electron chi connectivity index (χ3n) is 5.76. The summed E-state index contributed by atoms with van der Waals surface area (Å²) in [6.45, 7) is 5.10. The summed E-state index contributed by atoms with van der Waals surface area (Å²) in [5.41, 5.74) is 2.18. The number of aryl methyl sites for hydroxylation is 2. The van der Waals surface area contributed by atoms with Crippen molar-refractivity contribution in [3.63, 3.8) is 0 Å². The smallest absolute Gasteiger partial charge is 0.260 e. The molecule has 29 heavy (non-hydrogen) atoms. The molecule has 1 fully saturated rings. The maximum absolute atomic E-state index is 12.6. The molecule has 2 aromatic carbocycles. The number of hydrogen-bond donors (Lipinski definition) is 0. The minimum Gasteiger partial charge on any atom is -0.486 e. The van der Waals surface area contributed by atoms with Gasteiger partial charge in [-0.15, -0.1) is 0 Å². The van der Waals surface area contributed by atoms with E-state index in [4.69, 9.17) is 21.1 Å². The number of rotatable bonds is 3. The molecule has 0 N–H and O–H groups in total. The van der Waals surface area contributed by atoms with E-state index >= 15 is 0 Å². The van der Waals surface area contributed by atoms with Crippen LogP contribution in [0.15, 0.2) is 36.4 Å². The fourth-order valence-electron chi connectivity index (χ4n) is 4.10. The Morgan fingerprint density at radius 3 is 2.66 bits per heavy atom. The lowest BCUT2D eigenvalue weighted by Crippen LogP contribution is -2.53. The molecule has 0 saturated carbocycles. The summed E-state index contributed by atoms with van der Waals surface area (Å²) in [6.07, 6.45) is 1.56. The van der Waals surface area contributed by atoms with Crippen molar-refractivity contribution in [3.05, 3.63) is 58.1 Å². The third-order valence-corrected chi connectivity index (χ3v) is 6.00. The Kier molecular flexibility index (Phi) is 5.26. The van der Waals surface area contributed by atoms with Crippen molar-refractivity contribution in [3.8, 4) is 11.5 Å². The van der Waals surface area contributed by atoms with Gasteiger partial charge in [0.25, 0.3) is 5.91 Å². The normalized spacial score (nSPS) is 17.6. The number of halogens is 1. The number of likely N-dealkylation sites (tertiary alicyclic amines) is 1. The van der Waals surface area contributed by atoms with Gasteiger partial charge >= 0.3 is 0 Å². The van der Waals surface area contributed by atoms with Crippen molar-refractivity contribution in [1.29, 1.82) is 0 Å². The van der Waals surface area contributed by atoms with Gasteiger partial charge in [0.1, 0.15) is 17.1 Å². The number of Topliss-reactive ketones (excluding diaryl/α,β-unsaturated/α-hetero) is 1. The molecule has 0 bridgehead atoms. The first-order valence-corrected chi connectivity index (χ1v) is 10.2. The molecule has 1 saturated heterocycles. The maximum Gasteiger partial charge on any atom is 0.260 e. The van der Waals surface area contributed by atoms with Gasteiger partial charge < -0.3 is 14.4 Å². The summed E-state index contributed by atoms with van der Waals surface area (Å²) < 4.78 is 12.0. The highest BCUT2D eigenvalue weighted by Gasteiger charge is 2.43. The number of hydrogen-bond acceptors (Lipinski definition) is 4. The van der Waals surface area contributed by atoms with Crippen LogP contribution in [0.2, 0.25) is 5.02 Å². The molecule has 6 heteroatoms. The highest BCUT2D eigenvalue weighted by Crippen LogP contribution is 2.40. The minimum atomic E-state index is -0.539. The van der Waals surface area contributed by atoms with Crippen molar-refractivity contribution >= 4 is 23.3 Å². The third kappa shape index (κ3) is 4.10. The Morgan fingerprint density at radius 2 is 1.93 bits per heavy atom. The van der Waals surface area contributed by atoms with E-state index < -0.39 is 5.60 Å². The van der Waals surface area contributed by atoms with Gasteiger partial charge in [-0.05, 0) is 43.7 Å². The molecule has 0 aromatic heterocycles. The lowest BCUT2D eigenvalue weighted by atomic mass is 9.82. The number of fused-ring (bicyclic) bond motifs is 1. The van der Waals surface area contributed by atoms with Crippen LogP contribution in [0.4, 0.5) is 0 Å². The van der Waals surface area contributed by atoms with Crippen LogP contribution in [0.1, 0.15) is 40.7 Å². The first-order chi connectivity index (χ1) is 13.8. The van der Waals surface area contributed by atoms with Crippen molar-refractivity contribution in [2.75, 3.05) is 19.7 Å². The molecule has 152 valence electrons. The molecule has 5 nitrogen and oxygen atoms in total. The zero-order chi connectivity index (χ0) is 20.6. The zero-order valence-electron chi connectivity index (χ0n) is 16.7. The second-order valence-corrected chi connectivity index (χ2v) is 8.40. The van der Waals surface area contributed by atoms with Gasteiger partial charge in [0.05, 0.1) is 12.0 Å². The summed E-state index contributed by atoms with van der Waals surface area (Å²) >= 11 is 6.00. The molecule has 0 radical (unpaired) electrons. The molecular formula is C23H24ClNO4. The Bertz CT molecular complexity index is 963. The fraction of sp³-hybridized carbons (Fsp3) is 0.391. The quantitative estimate of drug-likeness (QED) is 0.750. The first kappa shape index (κ1) is 19.8. The second kappa shape index (κ2) is 7.71. The highest BCUT2D eigenvalue weighted by molar-refractivity contribution is 6.31. The van der Waals surface area contributed by atoms with Crippen molar-refractivity contribution in [2.24, 2.45) is 0 Å². The molecular weight excluding hydrogens is 390 g/mol. The monoisotopic (exact) mass is 413 g/mol. The van der Waals surface area contributed by atoms with Gasteiger partial charge in [0.15, 0.2) is 12.4 Å². The summed E-state index contributed by atoms with van der Waals surface area (Å²) in [6, 6.07) is 11.1. The first-order valence-electron chi connectivity index (χ1n) is 9.85. The average molecular weight is 414 g/mol. The molecule has 2 aliphatic heterocycles. The van der Waals surface area contributed by atoms with E-state index in [1.165, 1.54) is 0 Å². The Morgan fingerprint density at radius 1 is 1.17 bits per heavy atom. The van der Waals surface area contributed by atoms with Crippen molar-refractivity contribution in [2.45, 2.75) is 38.7 Å². The van der Waals surface area contributed by atoms with E-state index in [0.29, 0.717) is 48.7 Å². The molecule has 0 atom stereocenters. The summed E-state index contributed by atoms with van der Waals surface area (Å²) in [5.74, 6) is 1.32. The van der Waals surface area contributed by atoms with E-state index in [9.17, 15) is 9.59 Å². The Balaban J connectivity index is 1.36. The molecule has 2 aromatic rings. The van der Waals surface area contributed by atoms with E-state index in [-0.39, 0.29) is 18.3 Å². The van der Waals surface area contributed by atoms with Crippen LogP contribution in [-0.4, -0.2) is 41.9 Å². The molecule has 4 rings (SSSR count). The molecule has 1 amide bonds. The largest absolute Gasteiger partial charge is 0.486 e. The Labute approximate surface area is 175 Å². The van der Waals surface area contributed by atoms with Gasteiger partial charge in [-0.1, -0.05) is 29.3 Å². The fourth-order valence-corrected chi connectivity index (χ4v) is 4.27. The summed E-state index contributed by atoms with van der Waals surface area (Å²) in [5, 5.41) is 0.529. The molecule has 0 aliphatic carbocycles. The number of ether oxygens (including phenoxy) is 2. The van der Waals surface area contributed by atoms with Crippen LogP contribution in [0.25, 0.3) is 0 Å². The van der Waals surface area contributed by atoms with Crippen molar-refractivity contribution < 1.29 is 19.1 Å².